The molecule has 13 heavy (non-hydrogen) atoms. The van der Waals surface area contributed by atoms with Crippen LogP contribution >= 0.6 is 0 Å². The van der Waals surface area contributed by atoms with Crippen molar-refractivity contribution in [2.75, 3.05) is 6.54 Å². The second-order valence-corrected chi connectivity index (χ2v) is 5.00. The summed E-state index contributed by atoms with van der Waals surface area (Å²) in [7, 11) is -3.49. The van der Waals surface area contributed by atoms with Crippen LogP contribution in [0.2, 0.25) is 0 Å². The Morgan fingerprint density at radius 1 is 1.46 bits per heavy atom. The van der Waals surface area contributed by atoms with E-state index in [1.807, 2.05) is 0 Å². The van der Waals surface area contributed by atoms with E-state index in [1.165, 1.54) is 6.92 Å². The molecule has 6 heteroatoms. The maximum atomic E-state index is 11.2. The molecule has 0 fully saturated rings. The van der Waals surface area contributed by atoms with Crippen LogP contribution in [0.25, 0.3) is 0 Å². The van der Waals surface area contributed by atoms with Gasteiger partial charge in [0, 0.05) is 6.54 Å². The Balaban J connectivity index is 4.43. The summed E-state index contributed by atoms with van der Waals surface area (Å²) < 4.78 is 27.1. The zero-order valence-corrected chi connectivity index (χ0v) is 9.27. The predicted molar refractivity (Wildman–Crippen MR) is 51.5 cm³/mol. The van der Waals surface area contributed by atoms with Crippen molar-refractivity contribution in [3.8, 4) is 0 Å². The van der Waals surface area contributed by atoms with Crippen molar-refractivity contribution in [1.29, 1.82) is 0 Å². The molecule has 0 rings (SSSR count). The zero-order valence-electron chi connectivity index (χ0n) is 8.46. The van der Waals surface area contributed by atoms with Crippen molar-refractivity contribution in [3.05, 3.63) is 0 Å². The van der Waals surface area contributed by atoms with Gasteiger partial charge in [0.1, 0.15) is 0 Å². The summed E-state index contributed by atoms with van der Waals surface area (Å²) in [5.74, 6) is 0. The SMILES string of the molecule is CCNS(=O)(=O)NC(C)(C)C(C)O. The molecule has 0 spiro atoms. The summed E-state index contributed by atoms with van der Waals surface area (Å²) in [6.07, 6.45) is -0.749. The second-order valence-electron chi connectivity index (χ2n) is 3.50. The van der Waals surface area contributed by atoms with Crippen LogP contribution in [0.4, 0.5) is 0 Å². The van der Waals surface area contributed by atoms with Crippen LogP contribution in [0.5, 0.6) is 0 Å². The molecule has 0 bridgehead atoms. The molecule has 3 N–H and O–H groups in total. The van der Waals surface area contributed by atoms with Crippen molar-refractivity contribution >= 4 is 10.2 Å². The normalized spacial score (nSPS) is 15.8. The zero-order chi connectivity index (χ0) is 10.7. The van der Waals surface area contributed by atoms with E-state index >= 15 is 0 Å². The van der Waals surface area contributed by atoms with E-state index in [-0.39, 0.29) is 0 Å². The van der Waals surface area contributed by atoms with Crippen LogP contribution in [0.3, 0.4) is 0 Å². The third-order valence-electron chi connectivity index (χ3n) is 1.78. The number of aliphatic hydroxyl groups is 1. The Morgan fingerprint density at radius 3 is 2.23 bits per heavy atom. The molecule has 1 unspecified atom stereocenters. The summed E-state index contributed by atoms with van der Waals surface area (Å²) in [5.41, 5.74) is -0.860. The largest absolute Gasteiger partial charge is 0.391 e. The highest BCUT2D eigenvalue weighted by Crippen LogP contribution is 2.09. The van der Waals surface area contributed by atoms with Gasteiger partial charge < -0.3 is 5.11 Å². The van der Waals surface area contributed by atoms with Gasteiger partial charge in [-0.15, -0.1) is 0 Å². The Bertz CT molecular complexity index is 246. The maximum absolute atomic E-state index is 11.2. The van der Waals surface area contributed by atoms with Gasteiger partial charge in [-0.05, 0) is 20.8 Å². The number of nitrogens with one attached hydrogen (secondary N) is 2. The molecule has 0 aliphatic rings. The highest BCUT2D eigenvalue weighted by molar-refractivity contribution is 7.87. The third kappa shape index (κ3) is 4.56. The van der Waals surface area contributed by atoms with Gasteiger partial charge in [0.15, 0.2) is 0 Å². The smallest absolute Gasteiger partial charge is 0.277 e. The summed E-state index contributed by atoms with van der Waals surface area (Å²) >= 11 is 0. The first kappa shape index (κ1) is 12.8. The summed E-state index contributed by atoms with van der Waals surface area (Å²) in [4.78, 5) is 0. The molecule has 0 aliphatic heterocycles. The Labute approximate surface area is 79.7 Å². The number of hydrogen-bond donors (Lipinski definition) is 3. The van der Waals surface area contributed by atoms with Crippen LogP contribution in [0, 0.1) is 0 Å². The van der Waals surface area contributed by atoms with E-state index in [1.54, 1.807) is 20.8 Å². The number of hydrogen-bond acceptors (Lipinski definition) is 3. The molecule has 5 nitrogen and oxygen atoms in total. The van der Waals surface area contributed by atoms with Crippen LogP contribution in [-0.4, -0.2) is 31.7 Å². The quantitative estimate of drug-likeness (QED) is 0.577. The molecule has 0 saturated carbocycles. The van der Waals surface area contributed by atoms with Crippen LogP contribution in [0.15, 0.2) is 0 Å². The second kappa shape index (κ2) is 4.36. The lowest BCUT2D eigenvalue weighted by molar-refractivity contribution is 0.111. The average molecular weight is 210 g/mol. The van der Waals surface area contributed by atoms with Crippen molar-refractivity contribution in [2.24, 2.45) is 0 Å². The Morgan fingerprint density at radius 2 is 1.92 bits per heavy atom. The van der Waals surface area contributed by atoms with Crippen molar-refractivity contribution < 1.29 is 13.5 Å². The molecule has 0 aromatic rings. The molecule has 0 aromatic heterocycles. The van der Waals surface area contributed by atoms with Gasteiger partial charge in [-0.1, -0.05) is 6.92 Å². The first-order valence-electron chi connectivity index (χ1n) is 4.18. The lowest BCUT2D eigenvalue weighted by atomic mass is 10.0. The van der Waals surface area contributed by atoms with Crippen LogP contribution in [-0.2, 0) is 10.2 Å². The first-order chi connectivity index (χ1) is 5.71. The maximum Gasteiger partial charge on any atom is 0.277 e. The molecule has 0 radical (unpaired) electrons. The average Bonchev–Trinajstić information content (AvgIpc) is 1.83. The Hall–Kier alpha value is -0.170. The molecule has 80 valence electrons. The molecular formula is C7H18N2O3S. The summed E-state index contributed by atoms with van der Waals surface area (Å²) in [6.45, 7) is 6.79. The lowest BCUT2D eigenvalue weighted by Crippen LogP contribution is -2.54. The standard InChI is InChI=1S/C7H18N2O3S/c1-5-8-13(11,12)9-7(3,4)6(2)10/h6,8-10H,5H2,1-4H3. The molecule has 0 saturated heterocycles. The van der Waals surface area contributed by atoms with Gasteiger partial charge in [-0.25, -0.2) is 4.72 Å². The summed E-state index contributed by atoms with van der Waals surface area (Å²) in [6, 6.07) is 0. The first-order valence-corrected chi connectivity index (χ1v) is 5.66. The predicted octanol–water partition coefficient (Wildman–Crippen LogP) is -0.410. The minimum atomic E-state index is -3.49. The van der Waals surface area contributed by atoms with Gasteiger partial charge in [0.05, 0.1) is 11.6 Å². The van der Waals surface area contributed by atoms with Gasteiger partial charge in [-0.3, -0.25) is 0 Å². The minimum Gasteiger partial charge on any atom is -0.391 e. The summed E-state index contributed by atoms with van der Waals surface area (Å²) in [5, 5.41) is 9.26. The van der Waals surface area contributed by atoms with Gasteiger partial charge in [-0.2, -0.15) is 13.1 Å². The van der Waals surface area contributed by atoms with Crippen LogP contribution in [0.1, 0.15) is 27.7 Å². The Kier molecular flexibility index (Phi) is 4.31. The molecule has 0 aromatic carbocycles. The molecule has 0 amide bonds. The van der Waals surface area contributed by atoms with E-state index in [4.69, 9.17) is 0 Å². The number of aliphatic hydroxyl groups excluding tert-OH is 1. The fourth-order valence-electron chi connectivity index (χ4n) is 0.658. The van der Waals surface area contributed by atoms with Crippen molar-refractivity contribution in [2.45, 2.75) is 39.3 Å². The van der Waals surface area contributed by atoms with E-state index in [9.17, 15) is 13.5 Å². The number of rotatable bonds is 5. The van der Waals surface area contributed by atoms with Crippen molar-refractivity contribution in [3.63, 3.8) is 0 Å². The molecular weight excluding hydrogens is 192 g/mol. The van der Waals surface area contributed by atoms with Crippen molar-refractivity contribution in [1.82, 2.24) is 9.44 Å². The van der Waals surface area contributed by atoms with Crippen LogP contribution < -0.4 is 9.44 Å². The van der Waals surface area contributed by atoms with Gasteiger partial charge in [0.2, 0.25) is 0 Å². The topological polar surface area (TPSA) is 78.4 Å². The fourth-order valence-corrected chi connectivity index (χ4v) is 1.97. The van der Waals surface area contributed by atoms with E-state index in [0.29, 0.717) is 6.54 Å². The minimum absolute atomic E-state index is 0.325. The molecule has 1 atom stereocenters. The van der Waals surface area contributed by atoms with E-state index < -0.39 is 21.9 Å². The monoisotopic (exact) mass is 210 g/mol. The highest BCUT2D eigenvalue weighted by Gasteiger charge is 2.28. The van der Waals surface area contributed by atoms with E-state index in [0.717, 1.165) is 0 Å². The highest BCUT2D eigenvalue weighted by atomic mass is 32.2. The lowest BCUT2D eigenvalue weighted by Gasteiger charge is -2.28. The van der Waals surface area contributed by atoms with E-state index in [2.05, 4.69) is 9.44 Å². The van der Waals surface area contributed by atoms with Gasteiger partial charge in [0.25, 0.3) is 10.2 Å². The molecule has 0 aliphatic carbocycles. The van der Waals surface area contributed by atoms with Gasteiger partial charge >= 0.3 is 0 Å². The fraction of sp³-hybridized carbons (Fsp3) is 1.00. The molecule has 0 heterocycles. The third-order valence-corrected chi connectivity index (χ3v) is 3.24.